The van der Waals surface area contributed by atoms with Gasteiger partial charge >= 0.3 is 12.3 Å². The second-order valence-corrected chi connectivity index (χ2v) is 7.54. The number of hydrogen-bond acceptors (Lipinski definition) is 4. The second kappa shape index (κ2) is 9.13. The maximum absolute atomic E-state index is 12.8. The van der Waals surface area contributed by atoms with Crippen LogP contribution in [0.2, 0.25) is 0 Å². The number of alkyl halides is 3. The average molecular weight is 401 g/mol. The molecule has 1 saturated carbocycles. The molecule has 8 heteroatoms. The summed E-state index contributed by atoms with van der Waals surface area (Å²) in [5, 5.41) is 9.59. The van der Waals surface area contributed by atoms with Crippen molar-refractivity contribution in [2.24, 2.45) is 5.92 Å². The molecule has 2 atom stereocenters. The highest BCUT2D eigenvalue weighted by Gasteiger charge is 2.43. The van der Waals surface area contributed by atoms with E-state index < -0.39 is 24.2 Å². The number of aliphatic hydroxyl groups is 1. The summed E-state index contributed by atoms with van der Waals surface area (Å²) in [4.78, 5) is 13.8. The van der Waals surface area contributed by atoms with Crippen LogP contribution in [0.25, 0.3) is 0 Å². The lowest BCUT2D eigenvalue weighted by Crippen LogP contribution is -2.38. The van der Waals surface area contributed by atoms with Crippen molar-refractivity contribution in [3.05, 3.63) is 35.9 Å². The lowest BCUT2D eigenvalue weighted by molar-refractivity contribution is -0.189. The van der Waals surface area contributed by atoms with Crippen LogP contribution in [0.3, 0.4) is 0 Å². The van der Waals surface area contributed by atoms with E-state index in [1.54, 1.807) is 0 Å². The van der Waals surface area contributed by atoms with E-state index in [1.807, 2.05) is 30.3 Å². The Kier molecular flexibility index (Phi) is 6.82. The Balaban J connectivity index is 1.47. The van der Waals surface area contributed by atoms with Crippen molar-refractivity contribution in [3.63, 3.8) is 0 Å². The van der Waals surface area contributed by atoms with Gasteiger partial charge in [-0.1, -0.05) is 30.3 Å². The first-order valence-electron chi connectivity index (χ1n) is 9.67. The fourth-order valence-corrected chi connectivity index (χ4v) is 3.97. The number of hydrogen-bond donors (Lipinski definition) is 1. The van der Waals surface area contributed by atoms with Crippen LogP contribution in [0.1, 0.15) is 37.7 Å². The Bertz CT molecular complexity index is 632. The van der Waals surface area contributed by atoms with Crippen LogP contribution in [0, 0.1) is 5.92 Å². The van der Waals surface area contributed by atoms with Gasteiger partial charge in [0.2, 0.25) is 0 Å². The number of likely N-dealkylation sites (tertiary alicyclic amines) is 1. The first kappa shape index (κ1) is 20.9. The molecule has 3 rings (SSSR count). The first-order valence-corrected chi connectivity index (χ1v) is 9.67. The number of amides is 1. The number of nitrogens with zero attached hydrogens (tertiary/aromatic N) is 1. The summed E-state index contributed by atoms with van der Waals surface area (Å²) >= 11 is 0. The van der Waals surface area contributed by atoms with Crippen LogP contribution in [0.15, 0.2) is 30.3 Å². The van der Waals surface area contributed by atoms with Gasteiger partial charge in [-0.3, -0.25) is 0 Å². The topological polar surface area (TPSA) is 59.0 Å². The van der Waals surface area contributed by atoms with Crippen molar-refractivity contribution in [1.29, 1.82) is 0 Å². The summed E-state index contributed by atoms with van der Waals surface area (Å²) in [7, 11) is 0. The zero-order valence-electron chi connectivity index (χ0n) is 15.6. The molecule has 156 valence electrons. The molecule has 0 spiro atoms. The van der Waals surface area contributed by atoms with Gasteiger partial charge in [0, 0.05) is 0 Å². The first-order chi connectivity index (χ1) is 13.4. The van der Waals surface area contributed by atoms with Gasteiger partial charge in [-0.2, -0.15) is 13.2 Å². The van der Waals surface area contributed by atoms with E-state index >= 15 is 0 Å². The van der Waals surface area contributed by atoms with E-state index in [-0.39, 0.29) is 44.8 Å². The lowest BCUT2D eigenvalue weighted by Gasteiger charge is -2.31. The van der Waals surface area contributed by atoms with E-state index in [4.69, 9.17) is 9.47 Å². The molecule has 1 aromatic carbocycles. The van der Waals surface area contributed by atoms with Crippen LogP contribution in [0.5, 0.6) is 0 Å². The molecular weight excluding hydrogens is 375 g/mol. The standard InChI is InChI=1S/C20H26F3NO4/c21-20(22,23)15-6-8-17(9-7-15)28-18-10-16(12-25)24(11-18)19(26)27-13-14-4-2-1-3-5-14/h1-5,15-18,25H,6-13H2/t15?,16-,17?,18-/m0/s1. The van der Waals surface area contributed by atoms with Crippen LogP contribution in [-0.4, -0.2) is 53.7 Å². The third-order valence-corrected chi connectivity index (χ3v) is 5.55. The van der Waals surface area contributed by atoms with Crippen LogP contribution in [-0.2, 0) is 16.1 Å². The predicted octanol–water partition coefficient (Wildman–Crippen LogP) is 3.90. The quantitative estimate of drug-likeness (QED) is 0.813. The van der Waals surface area contributed by atoms with Gasteiger partial charge in [-0.25, -0.2) is 4.79 Å². The number of benzene rings is 1. The molecule has 1 saturated heterocycles. The molecule has 0 bridgehead atoms. The van der Waals surface area contributed by atoms with Crippen LogP contribution < -0.4 is 0 Å². The van der Waals surface area contributed by atoms with Gasteiger partial charge in [0.1, 0.15) is 6.61 Å². The van der Waals surface area contributed by atoms with Crippen molar-refractivity contribution in [3.8, 4) is 0 Å². The molecule has 1 amide bonds. The van der Waals surface area contributed by atoms with Gasteiger partial charge in [0.15, 0.2) is 0 Å². The normalized spacial score (nSPS) is 28.4. The molecule has 0 unspecified atom stereocenters. The molecule has 1 N–H and O–H groups in total. The van der Waals surface area contributed by atoms with Gasteiger partial charge < -0.3 is 19.5 Å². The highest BCUT2D eigenvalue weighted by atomic mass is 19.4. The molecule has 0 aromatic heterocycles. The number of ether oxygens (including phenoxy) is 2. The average Bonchev–Trinajstić information content (AvgIpc) is 3.09. The van der Waals surface area contributed by atoms with E-state index in [1.165, 1.54) is 4.90 Å². The minimum Gasteiger partial charge on any atom is -0.445 e. The number of aliphatic hydroxyl groups excluding tert-OH is 1. The van der Waals surface area contributed by atoms with Crippen molar-refractivity contribution in [1.82, 2.24) is 4.90 Å². The summed E-state index contributed by atoms with van der Waals surface area (Å²) in [5.41, 5.74) is 0.866. The third-order valence-electron chi connectivity index (χ3n) is 5.55. The summed E-state index contributed by atoms with van der Waals surface area (Å²) in [5.74, 6) is -1.24. The minimum absolute atomic E-state index is 0.0765. The highest BCUT2D eigenvalue weighted by Crippen LogP contribution is 2.39. The Labute approximate surface area is 162 Å². The number of carbonyl (C=O) groups is 1. The minimum atomic E-state index is -4.14. The second-order valence-electron chi connectivity index (χ2n) is 7.54. The number of carbonyl (C=O) groups excluding carboxylic acids is 1. The third kappa shape index (κ3) is 5.38. The fraction of sp³-hybridized carbons (Fsp3) is 0.650. The van der Waals surface area contributed by atoms with E-state index in [0.717, 1.165) is 5.56 Å². The van der Waals surface area contributed by atoms with Crippen molar-refractivity contribution in [2.45, 2.75) is 63.1 Å². The Morgan fingerprint density at radius 1 is 1.11 bits per heavy atom. The van der Waals surface area contributed by atoms with Crippen molar-refractivity contribution in [2.75, 3.05) is 13.2 Å². The molecule has 0 radical (unpaired) electrons. The Hall–Kier alpha value is -1.80. The molecule has 2 aliphatic rings. The van der Waals surface area contributed by atoms with Gasteiger partial charge in [0.25, 0.3) is 0 Å². The SMILES string of the molecule is O=C(OCc1ccccc1)N1C[C@@H](OC2CCC(C(F)(F)F)CC2)C[C@H]1CO. The molecule has 2 fully saturated rings. The number of halogens is 3. The van der Waals surface area contributed by atoms with Gasteiger partial charge in [0.05, 0.1) is 37.3 Å². The maximum atomic E-state index is 12.8. The smallest absolute Gasteiger partial charge is 0.410 e. The summed E-state index contributed by atoms with van der Waals surface area (Å²) in [6, 6.07) is 8.88. The van der Waals surface area contributed by atoms with Gasteiger partial charge in [-0.05, 0) is 37.7 Å². The largest absolute Gasteiger partial charge is 0.445 e. The van der Waals surface area contributed by atoms with Crippen molar-refractivity contribution >= 4 is 6.09 Å². The molecular formula is C20H26F3NO4. The lowest BCUT2D eigenvalue weighted by atomic mass is 9.87. The van der Waals surface area contributed by atoms with E-state index in [9.17, 15) is 23.1 Å². The van der Waals surface area contributed by atoms with Gasteiger partial charge in [-0.15, -0.1) is 0 Å². The van der Waals surface area contributed by atoms with Crippen LogP contribution >= 0.6 is 0 Å². The molecule has 5 nitrogen and oxygen atoms in total. The molecule has 1 aliphatic heterocycles. The molecule has 28 heavy (non-hydrogen) atoms. The van der Waals surface area contributed by atoms with Crippen LogP contribution in [0.4, 0.5) is 18.0 Å². The summed E-state index contributed by atoms with van der Waals surface area (Å²) in [6.45, 7) is 0.209. The molecule has 1 aromatic rings. The van der Waals surface area contributed by atoms with E-state index in [2.05, 4.69) is 0 Å². The Morgan fingerprint density at radius 3 is 2.39 bits per heavy atom. The van der Waals surface area contributed by atoms with E-state index in [0.29, 0.717) is 19.3 Å². The fourth-order valence-electron chi connectivity index (χ4n) is 3.97. The highest BCUT2D eigenvalue weighted by molar-refractivity contribution is 5.68. The molecule has 1 aliphatic carbocycles. The zero-order valence-corrected chi connectivity index (χ0v) is 15.6. The zero-order chi connectivity index (χ0) is 20.1. The number of rotatable bonds is 5. The molecule has 1 heterocycles. The van der Waals surface area contributed by atoms with Crippen molar-refractivity contribution < 1.29 is 32.5 Å². The predicted molar refractivity (Wildman–Crippen MR) is 95.5 cm³/mol. The Morgan fingerprint density at radius 2 is 1.79 bits per heavy atom. The summed E-state index contributed by atoms with van der Waals surface area (Å²) in [6.07, 6.45) is -3.85. The maximum Gasteiger partial charge on any atom is 0.410 e. The monoisotopic (exact) mass is 401 g/mol. The summed E-state index contributed by atoms with van der Waals surface area (Å²) < 4.78 is 49.6.